The molecule has 4 nitrogen and oxygen atoms in total. The molecule has 0 bridgehead atoms. The molecular weight excluding hydrogens is 446 g/mol. The highest BCUT2D eigenvalue weighted by Crippen LogP contribution is 2.38. The second-order valence-corrected chi connectivity index (χ2v) is 8.64. The van der Waals surface area contributed by atoms with Gasteiger partial charge in [0.2, 0.25) is 5.91 Å². The highest BCUT2D eigenvalue weighted by Gasteiger charge is 2.36. The van der Waals surface area contributed by atoms with Crippen molar-refractivity contribution in [2.45, 2.75) is 6.42 Å². The van der Waals surface area contributed by atoms with Gasteiger partial charge in [0.1, 0.15) is 5.84 Å². The van der Waals surface area contributed by atoms with Crippen LogP contribution < -0.4 is 10.2 Å². The number of anilines is 1. The zero-order valence-corrected chi connectivity index (χ0v) is 17.7. The first-order chi connectivity index (χ1) is 14.1. The van der Waals surface area contributed by atoms with Crippen molar-refractivity contribution < 1.29 is 4.79 Å². The quantitative estimate of drug-likeness (QED) is 0.502. The molecule has 2 aliphatic rings. The Labute approximate surface area is 180 Å². The van der Waals surface area contributed by atoms with E-state index in [1.54, 1.807) is 0 Å². The molecule has 0 unspecified atom stereocenters. The minimum absolute atomic E-state index is 0.0756. The molecule has 0 atom stereocenters. The summed E-state index contributed by atoms with van der Waals surface area (Å²) in [6, 6.07) is 21.9. The lowest BCUT2D eigenvalue weighted by Gasteiger charge is -2.18. The van der Waals surface area contributed by atoms with Crippen molar-refractivity contribution in [2.24, 2.45) is 0 Å². The van der Waals surface area contributed by atoms with Crippen molar-refractivity contribution in [3.8, 4) is 0 Å². The summed E-state index contributed by atoms with van der Waals surface area (Å²) < 4.78 is 1.03. The number of amides is 1. The van der Waals surface area contributed by atoms with Gasteiger partial charge in [-0.25, -0.2) is 0 Å². The summed E-state index contributed by atoms with van der Waals surface area (Å²) in [4.78, 5) is 14.4. The van der Waals surface area contributed by atoms with Gasteiger partial charge in [-0.1, -0.05) is 76.2 Å². The van der Waals surface area contributed by atoms with Crippen LogP contribution in [0.25, 0.3) is 16.5 Å². The summed E-state index contributed by atoms with van der Waals surface area (Å²) in [5, 5.41) is 17.0. The third kappa shape index (κ3) is 3.18. The summed E-state index contributed by atoms with van der Waals surface area (Å²) in [5.41, 5.74) is 3.54. The van der Waals surface area contributed by atoms with E-state index in [-0.39, 0.29) is 18.2 Å². The highest BCUT2D eigenvalue weighted by atomic mass is 79.9. The number of thioether (sulfide) groups is 1. The number of carbonyl (C=O) groups excluding carboxylic acids is 1. The van der Waals surface area contributed by atoms with E-state index < -0.39 is 0 Å². The number of nitrogens with zero attached hydrogens (tertiary/aromatic N) is 1. The van der Waals surface area contributed by atoms with Crippen LogP contribution in [-0.4, -0.2) is 11.7 Å². The molecule has 1 amide bonds. The maximum atomic E-state index is 12.9. The topological polar surface area (TPSA) is 56.2 Å². The van der Waals surface area contributed by atoms with Crippen molar-refractivity contribution in [2.75, 3.05) is 4.90 Å². The van der Waals surface area contributed by atoms with Gasteiger partial charge in [0, 0.05) is 20.8 Å². The number of halogens is 1. The Hall–Kier alpha value is -2.83. The van der Waals surface area contributed by atoms with Crippen LogP contribution in [0.15, 0.2) is 87.2 Å². The van der Waals surface area contributed by atoms with E-state index in [1.165, 1.54) is 16.7 Å². The van der Waals surface area contributed by atoms with Crippen molar-refractivity contribution >= 4 is 61.6 Å². The van der Waals surface area contributed by atoms with Gasteiger partial charge >= 0.3 is 0 Å². The molecule has 3 aromatic carbocycles. The molecule has 0 saturated carbocycles. The van der Waals surface area contributed by atoms with Gasteiger partial charge < -0.3 is 5.32 Å². The largest absolute Gasteiger partial charge is 0.349 e. The van der Waals surface area contributed by atoms with Gasteiger partial charge in [-0.05, 0) is 29.1 Å². The number of carbonyl (C=O) groups is 1. The molecule has 3 aromatic rings. The molecule has 1 fully saturated rings. The summed E-state index contributed by atoms with van der Waals surface area (Å²) in [6.45, 7) is 0. The Kier molecular flexibility index (Phi) is 4.53. The van der Waals surface area contributed by atoms with Crippen LogP contribution in [0, 0.1) is 5.41 Å². The van der Waals surface area contributed by atoms with E-state index >= 15 is 0 Å². The van der Waals surface area contributed by atoms with Gasteiger partial charge in [-0.3, -0.25) is 15.1 Å². The molecule has 142 valence electrons. The van der Waals surface area contributed by atoms with Crippen LogP contribution in [0.4, 0.5) is 5.69 Å². The SMILES string of the molecule is N=C1C(=C2NC(c3ccc(Br)cc3)=CS2)CC(=O)N1c1cccc2ccccc12. The predicted molar refractivity (Wildman–Crippen MR) is 124 cm³/mol. The van der Waals surface area contributed by atoms with Crippen LogP contribution in [-0.2, 0) is 4.79 Å². The molecule has 6 heteroatoms. The lowest BCUT2D eigenvalue weighted by atomic mass is 10.1. The Morgan fingerprint density at radius 3 is 2.59 bits per heavy atom. The standard InChI is InChI=1S/C23H16BrN3OS/c24-16-10-8-15(9-11-16)19-13-29-23(26-19)18-12-21(28)27(22(18)25)20-7-3-5-14-4-1-2-6-17(14)20/h1-11,13,25-26H,12H2. The Morgan fingerprint density at radius 2 is 1.76 bits per heavy atom. The first-order valence-corrected chi connectivity index (χ1v) is 10.8. The lowest BCUT2D eigenvalue weighted by molar-refractivity contribution is -0.116. The van der Waals surface area contributed by atoms with Crippen LogP contribution >= 0.6 is 27.7 Å². The highest BCUT2D eigenvalue weighted by molar-refractivity contribution is 9.10. The Morgan fingerprint density at radius 1 is 1.00 bits per heavy atom. The zero-order chi connectivity index (χ0) is 20.0. The van der Waals surface area contributed by atoms with Gasteiger partial charge in [0.05, 0.1) is 22.8 Å². The maximum Gasteiger partial charge on any atom is 0.237 e. The second-order valence-electron chi connectivity index (χ2n) is 6.84. The summed E-state index contributed by atoms with van der Waals surface area (Å²) in [6.07, 6.45) is 0.221. The molecule has 0 radical (unpaired) electrons. The third-order valence-electron chi connectivity index (χ3n) is 5.07. The van der Waals surface area contributed by atoms with E-state index in [9.17, 15) is 4.79 Å². The molecule has 1 saturated heterocycles. The van der Waals surface area contributed by atoms with Gasteiger partial charge in [0.15, 0.2) is 0 Å². The van der Waals surface area contributed by atoms with Crippen LogP contribution in [0.2, 0.25) is 0 Å². The first kappa shape index (κ1) is 18.2. The monoisotopic (exact) mass is 461 g/mol. The molecule has 2 aliphatic heterocycles. The third-order valence-corrected chi connectivity index (χ3v) is 6.53. The van der Waals surface area contributed by atoms with E-state index in [2.05, 4.69) is 21.2 Å². The van der Waals surface area contributed by atoms with Crippen LogP contribution in [0.5, 0.6) is 0 Å². The van der Waals surface area contributed by atoms with E-state index in [0.29, 0.717) is 0 Å². The number of amidine groups is 1. The minimum atomic E-state index is -0.0756. The second kappa shape index (κ2) is 7.21. The molecule has 2 N–H and O–H groups in total. The normalized spacial score (nSPS) is 19.1. The molecule has 2 heterocycles. The molecule has 0 spiro atoms. The fourth-order valence-corrected chi connectivity index (χ4v) is 4.81. The van der Waals surface area contributed by atoms with Crippen molar-refractivity contribution in [3.05, 3.63) is 92.8 Å². The van der Waals surface area contributed by atoms with E-state index in [1.807, 2.05) is 72.1 Å². The first-order valence-electron chi connectivity index (χ1n) is 9.14. The number of hydrogen-bond donors (Lipinski definition) is 2. The van der Waals surface area contributed by atoms with Gasteiger partial charge in [-0.2, -0.15) is 0 Å². The summed E-state index contributed by atoms with van der Waals surface area (Å²) >= 11 is 4.98. The van der Waals surface area contributed by atoms with E-state index in [4.69, 9.17) is 5.41 Å². The fourth-order valence-electron chi connectivity index (χ4n) is 3.63. The average Bonchev–Trinajstić information content (AvgIpc) is 3.33. The number of hydrogen-bond acceptors (Lipinski definition) is 4. The number of benzene rings is 3. The number of rotatable bonds is 2. The predicted octanol–water partition coefficient (Wildman–Crippen LogP) is 5.86. The van der Waals surface area contributed by atoms with Crippen LogP contribution in [0.1, 0.15) is 12.0 Å². The number of nitrogens with one attached hydrogen (secondary N) is 2. The van der Waals surface area contributed by atoms with Crippen molar-refractivity contribution in [1.29, 1.82) is 5.41 Å². The number of fused-ring (bicyclic) bond motifs is 1. The fraction of sp³-hybridized carbons (Fsp3) is 0.0435. The van der Waals surface area contributed by atoms with Crippen LogP contribution in [0.3, 0.4) is 0 Å². The Balaban J connectivity index is 1.48. The smallest absolute Gasteiger partial charge is 0.237 e. The van der Waals surface area contributed by atoms with Crippen molar-refractivity contribution in [1.82, 2.24) is 5.32 Å². The van der Waals surface area contributed by atoms with Gasteiger partial charge in [0.25, 0.3) is 0 Å². The van der Waals surface area contributed by atoms with Crippen molar-refractivity contribution in [3.63, 3.8) is 0 Å². The molecule has 5 rings (SSSR count). The maximum absolute atomic E-state index is 12.9. The lowest BCUT2D eigenvalue weighted by Crippen LogP contribution is -2.29. The molecule has 0 aromatic heterocycles. The molecule has 29 heavy (non-hydrogen) atoms. The zero-order valence-electron chi connectivity index (χ0n) is 15.3. The minimum Gasteiger partial charge on any atom is -0.349 e. The molecule has 0 aliphatic carbocycles. The van der Waals surface area contributed by atoms with Gasteiger partial charge in [-0.15, -0.1) is 0 Å². The average molecular weight is 462 g/mol. The summed E-state index contributed by atoms with van der Waals surface area (Å²) in [7, 11) is 0. The summed E-state index contributed by atoms with van der Waals surface area (Å²) in [5.74, 6) is 0.167. The molecular formula is C23H16BrN3OS. The van der Waals surface area contributed by atoms with E-state index in [0.717, 1.165) is 42.8 Å². The Bertz CT molecular complexity index is 1230.